The fourth-order valence-corrected chi connectivity index (χ4v) is 3.72. The topological polar surface area (TPSA) is 52.2 Å². The molecule has 0 atom stereocenters. The van der Waals surface area contributed by atoms with Crippen LogP contribution < -0.4 is 4.90 Å². The Balaban J connectivity index is 0.000000753. The van der Waals surface area contributed by atoms with Crippen LogP contribution in [0, 0.1) is 0 Å². The van der Waals surface area contributed by atoms with Crippen molar-refractivity contribution in [2.45, 2.75) is 38.1 Å². The van der Waals surface area contributed by atoms with Gasteiger partial charge in [-0.2, -0.15) is 0 Å². The monoisotopic (exact) mass is 318 g/mol. The van der Waals surface area contributed by atoms with E-state index < -0.39 is 0 Å². The number of nitrogens with zero attached hydrogens (tertiary/aromatic N) is 3. The number of fused-ring (bicyclic) bond motifs is 3. The number of pyridine rings is 1. The Kier molecular flexibility index (Phi) is 4.50. The zero-order chi connectivity index (χ0) is 16.4. The highest BCUT2D eigenvalue weighted by atomic mass is 19.1. The highest BCUT2D eigenvalue weighted by Crippen LogP contribution is 2.37. The summed E-state index contributed by atoms with van der Waals surface area (Å²) in [5.74, 6) is 0.0765. The van der Waals surface area contributed by atoms with Gasteiger partial charge in [0.1, 0.15) is 5.65 Å². The van der Waals surface area contributed by atoms with Crippen LogP contribution in [-0.2, 0) is 0 Å². The molecule has 1 amide bonds. The van der Waals surface area contributed by atoms with Gasteiger partial charge in [0.15, 0.2) is 0 Å². The van der Waals surface area contributed by atoms with Crippen LogP contribution >= 0.6 is 0 Å². The van der Waals surface area contributed by atoms with E-state index in [1.807, 2.05) is 19.3 Å². The molecule has 1 fully saturated rings. The number of H-pyrrole nitrogens is 1. The van der Waals surface area contributed by atoms with Crippen molar-refractivity contribution in [1.82, 2.24) is 14.9 Å². The third-order valence-corrected chi connectivity index (χ3v) is 4.80. The van der Waals surface area contributed by atoms with Crippen LogP contribution in [0.3, 0.4) is 0 Å². The number of rotatable bonds is 1. The first kappa shape index (κ1) is 15.8. The number of carbonyl (C=O) groups excluding carboxylic acids is 1. The number of aromatic amines is 1. The van der Waals surface area contributed by atoms with Crippen LogP contribution in [0.4, 0.5) is 10.1 Å². The normalized spacial score (nSPS) is 18.7. The van der Waals surface area contributed by atoms with Crippen molar-refractivity contribution in [2.75, 3.05) is 25.8 Å². The molecule has 0 radical (unpaired) electrons. The second-order valence-corrected chi connectivity index (χ2v) is 6.17. The molecule has 124 valence electrons. The lowest BCUT2D eigenvalue weighted by Gasteiger charge is -2.42. The van der Waals surface area contributed by atoms with E-state index in [9.17, 15) is 9.18 Å². The predicted molar refractivity (Wildman–Crippen MR) is 89.4 cm³/mol. The van der Waals surface area contributed by atoms with Crippen molar-refractivity contribution in [3.8, 4) is 0 Å². The molecule has 6 heteroatoms. The largest absolute Gasteiger partial charge is 0.349 e. The molecule has 1 N–H and O–H groups in total. The predicted octanol–water partition coefficient (Wildman–Crippen LogP) is 3.33. The molecular weight excluding hydrogens is 295 g/mol. The SMILES string of the molecule is CF.CN1CN(C2CCCCC2)c2c(cnc3[nH]ccc23)C1=O. The smallest absolute Gasteiger partial charge is 0.258 e. The van der Waals surface area contributed by atoms with Gasteiger partial charge >= 0.3 is 0 Å². The summed E-state index contributed by atoms with van der Waals surface area (Å²) < 4.78 is 9.50. The van der Waals surface area contributed by atoms with Gasteiger partial charge in [-0.15, -0.1) is 0 Å². The summed E-state index contributed by atoms with van der Waals surface area (Å²) in [4.78, 5) is 24.2. The Morgan fingerprint density at radius 1 is 1.26 bits per heavy atom. The summed E-state index contributed by atoms with van der Waals surface area (Å²) in [5.41, 5.74) is 2.68. The van der Waals surface area contributed by atoms with Gasteiger partial charge < -0.3 is 14.8 Å². The summed E-state index contributed by atoms with van der Waals surface area (Å²) in [6.07, 6.45) is 9.97. The molecule has 0 aromatic carbocycles. The first-order chi connectivity index (χ1) is 11.3. The maximum atomic E-state index is 12.5. The van der Waals surface area contributed by atoms with Crippen LogP contribution in [0.25, 0.3) is 11.0 Å². The lowest BCUT2D eigenvalue weighted by atomic mass is 9.92. The average Bonchev–Trinajstić information content (AvgIpc) is 3.09. The number of hydrogen-bond acceptors (Lipinski definition) is 3. The molecule has 0 spiro atoms. The van der Waals surface area contributed by atoms with Crippen LogP contribution in [-0.4, -0.2) is 47.7 Å². The summed E-state index contributed by atoms with van der Waals surface area (Å²) in [6, 6.07) is 2.57. The molecule has 2 aromatic heterocycles. The van der Waals surface area contributed by atoms with Crippen molar-refractivity contribution in [1.29, 1.82) is 0 Å². The summed E-state index contributed by atoms with van der Waals surface area (Å²) in [6.45, 7) is 0.681. The van der Waals surface area contributed by atoms with Crippen LogP contribution in [0.2, 0.25) is 0 Å². The highest BCUT2D eigenvalue weighted by molar-refractivity contribution is 6.08. The molecular formula is C17H23FN4O. The molecule has 5 nitrogen and oxygen atoms in total. The van der Waals surface area contributed by atoms with Gasteiger partial charge in [-0.05, 0) is 18.9 Å². The van der Waals surface area contributed by atoms with Gasteiger partial charge in [0.2, 0.25) is 0 Å². The Morgan fingerprint density at radius 2 is 2.00 bits per heavy atom. The number of anilines is 1. The van der Waals surface area contributed by atoms with Crippen molar-refractivity contribution in [2.24, 2.45) is 0 Å². The number of nitrogens with one attached hydrogen (secondary N) is 1. The minimum atomic E-state index is 0.0765. The van der Waals surface area contributed by atoms with Crippen molar-refractivity contribution >= 4 is 22.6 Å². The minimum Gasteiger partial charge on any atom is -0.349 e. The number of hydrogen-bond donors (Lipinski definition) is 1. The highest BCUT2D eigenvalue weighted by Gasteiger charge is 2.33. The van der Waals surface area contributed by atoms with Gasteiger partial charge in [0.25, 0.3) is 5.91 Å². The Morgan fingerprint density at radius 3 is 2.74 bits per heavy atom. The summed E-state index contributed by atoms with van der Waals surface area (Å²) >= 11 is 0. The van der Waals surface area contributed by atoms with Crippen LogP contribution in [0.15, 0.2) is 18.5 Å². The van der Waals surface area contributed by atoms with E-state index in [1.54, 1.807) is 11.1 Å². The van der Waals surface area contributed by atoms with Gasteiger partial charge in [-0.3, -0.25) is 9.18 Å². The summed E-state index contributed by atoms with van der Waals surface area (Å²) in [7, 11) is 2.38. The molecule has 4 rings (SSSR count). The Labute approximate surface area is 135 Å². The van der Waals surface area contributed by atoms with Crippen molar-refractivity contribution in [3.63, 3.8) is 0 Å². The maximum Gasteiger partial charge on any atom is 0.258 e. The molecule has 23 heavy (non-hydrogen) atoms. The molecule has 2 aliphatic rings. The fraction of sp³-hybridized carbons (Fsp3) is 0.529. The van der Waals surface area contributed by atoms with E-state index in [-0.39, 0.29) is 5.91 Å². The molecule has 0 saturated heterocycles. The second-order valence-electron chi connectivity index (χ2n) is 6.17. The first-order valence-corrected chi connectivity index (χ1v) is 8.11. The molecule has 2 aromatic rings. The molecule has 0 bridgehead atoms. The third kappa shape index (κ3) is 2.66. The molecule has 1 aliphatic heterocycles. The average molecular weight is 318 g/mol. The standard InChI is InChI=1S/C16H20N4O.CH3F/c1-19-10-20(11-5-3-2-4-6-11)14-12-7-8-17-15(12)18-9-13(14)16(19)21;1-2/h7-9,11H,2-6,10H2,1H3,(H,17,18);1H3. The fourth-order valence-electron chi connectivity index (χ4n) is 3.72. The van der Waals surface area contributed by atoms with Crippen LogP contribution in [0.5, 0.6) is 0 Å². The zero-order valence-electron chi connectivity index (χ0n) is 13.7. The van der Waals surface area contributed by atoms with E-state index in [4.69, 9.17) is 0 Å². The number of halogens is 1. The minimum absolute atomic E-state index is 0.0765. The number of amides is 1. The van der Waals surface area contributed by atoms with E-state index in [0.29, 0.717) is 19.9 Å². The molecule has 3 heterocycles. The molecule has 1 aliphatic carbocycles. The quantitative estimate of drug-likeness (QED) is 0.877. The molecule has 1 saturated carbocycles. The molecule has 0 unspecified atom stereocenters. The van der Waals surface area contributed by atoms with Gasteiger partial charge in [0.05, 0.1) is 25.1 Å². The van der Waals surface area contributed by atoms with Crippen molar-refractivity contribution in [3.05, 3.63) is 24.0 Å². The summed E-state index contributed by atoms with van der Waals surface area (Å²) in [5, 5.41) is 1.07. The van der Waals surface area contributed by atoms with Gasteiger partial charge in [0, 0.05) is 30.9 Å². The van der Waals surface area contributed by atoms with E-state index in [2.05, 4.69) is 14.9 Å². The van der Waals surface area contributed by atoms with E-state index in [0.717, 1.165) is 22.3 Å². The number of aromatic nitrogens is 2. The van der Waals surface area contributed by atoms with E-state index in [1.165, 1.54) is 32.1 Å². The van der Waals surface area contributed by atoms with Crippen LogP contribution in [0.1, 0.15) is 42.5 Å². The van der Waals surface area contributed by atoms with Gasteiger partial charge in [-0.1, -0.05) is 19.3 Å². The number of carbonyl (C=O) groups is 1. The zero-order valence-corrected chi connectivity index (χ0v) is 13.7. The lowest BCUT2D eigenvalue weighted by molar-refractivity contribution is 0.0776. The third-order valence-electron chi connectivity index (χ3n) is 4.80. The first-order valence-electron chi connectivity index (χ1n) is 8.11. The maximum absolute atomic E-state index is 12.5. The second kappa shape index (κ2) is 6.56. The van der Waals surface area contributed by atoms with Crippen molar-refractivity contribution < 1.29 is 9.18 Å². The Hall–Kier alpha value is -2.11. The lowest BCUT2D eigenvalue weighted by Crippen LogP contribution is -2.49. The Bertz CT molecular complexity index is 693. The van der Waals surface area contributed by atoms with E-state index >= 15 is 0 Å². The van der Waals surface area contributed by atoms with Gasteiger partial charge in [-0.25, -0.2) is 4.98 Å². The number of alkyl halides is 1.